The molecule has 2 amide bonds. The molecule has 0 aromatic heterocycles. The van der Waals surface area contributed by atoms with Crippen LogP contribution in [0.1, 0.15) is 48.0 Å². The molecule has 0 bridgehead atoms. The van der Waals surface area contributed by atoms with Crippen molar-refractivity contribution in [3.63, 3.8) is 0 Å². The minimum Gasteiger partial charge on any atom is -0.480 e. The summed E-state index contributed by atoms with van der Waals surface area (Å²) in [6.45, 7) is 10.3. The SMILES string of the molecule is CC(C)(C)OC(=O)N[C@@H](C(=O)N1C[C@@H](O)C[C@H]1C(=O)O)C(C)(C)C. The van der Waals surface area contributed by atoms with Crippen LogP contribution in [0, 0.1) is 5.41 Å². The smallest absolute Gasteiger partial charge is 0.408 e. The lowest BCUT2D eigenvalue weighted by Gasteiger charge is -2.35. The lowest BCUT2D eigenvalue weighted by molar-refractivity contribution is -0.150. The molecule has 138 valence electrons. The van der Waals surface area contributed by atoms with Crippen LogP contribution in [0.15, 0.2) is 0 Å². The molecule has 8 heteroatoms. The average Bonchev–Trinajstić information content (AvgIpc) is 2.74. The first-order chi connectivity index (χ1) is 10.7. The number of carbonyl (C=O) groups is 3. The monoisotopic (exact) mass is 344 g/mol. The van der Waals surface area contributed by atoms with Crippen molar-refractivity contribution in [2.45, 2.75) is 71.8 Å². The summed E-state index contributed by atoms with van der Waals surface area (Å²) in [6, 6.07) is -2.07. The van der Waals surface area contributed by atoms with Gasteiger partial charge in [0.15, 0.2) is 0 Å². The van der Waals surface area contributed by atoms with E-state index in [2.05, 4.69) is 5.32 Å². The van der Waals surface area contributed by atoms with Crippen LogP contribution >= 0.6 is 0 Å². The molecule has 0 aliphatic carbocycles. The summed E-state index contributed by atoms with van der Waals surface area (Å²) in [6.07, 6.45) is -1.66. The molecular formula is C16H28N2O6. The number of nitrogens with zero attached hydrogens (tertiary/aromatic N) is 1. The first-order valence-electron chi connectivity index (χ1n) is 7.93. The van der Waals surface area contributed by atoms with Gasteiger partial charge < -0.3 is 25.2 Å². The fourth-order valence-electron chi connectivity index (χ4n) is 2.53. The van der Waals surface area contributed by atoms with E-state index in [-0.39, 0.29) is 13.0 Å². The van der Waals surface area contributed by atoms with E-state index in [9.17, 15) is 24.6 Å². The maximum Gasteiger partial charge on any atom is 0.408 e. The van der Waals surface area contributed by atoms with E-state index in [1.54, 1.807) is 41.5 Å². The van der Waals surface area contributed by atoms with Gasteiger partial charge in [-0.3, -0.25) is 4.79 Å². The third-order valence-electron chi connectivity index (χ3n) is 3.62. The van der Waals surface area contributed by atoms with E-state index in [1.165, 1.54) is 0 Å². The Morgan fingerprint density at radius 1 is 1.17 bits per heavy atom. The van der Waals surface area contributed by atoms with Crippen molar-refractivity contribution < 1.29 is 29.3 Å². The number of carboxylic acid groups (broad SMARTS) is 1. The fraction of sp³-hybridized carbons (Fsp3) is 0.812. The fourth-order valence-corrected chi connectivity index (χ4v) is 2.53. The molecule has 0 saturated carbocycles. The second kappa shape index (κ2) is 6.96. The van der Waals surface area contributed by atoms with Gasteiger partial charge in [-0.15, -0.1) is 0 Å². The van der Waals surface area contributed by atoms with Crippen molar-refractivity contribution >= 4 is 18.0 Å². The van der Waals surface area contributed by atoms with Crippen molar-refractivity contribution in [2.75, 3.05) is 6.54 Å². The largest absolute Gasteiger partial charge is 0.480 e. The zero-order chi connectivity index (χ0) is 18.9. The molecular weight excluding hydrogens is 316 g/mol. The summed E-state index contributed by atoms with van der Waals surface area (Å²) in [4.78, 5) is 37.3. The highest BCUT2D eigenvalue weighted by molar-refractivity contribution is 5.90. The Labute approximate surface area is 142 Å². The molecule has 1 fully saturated rings. The molecule has 1 aliphatic heterocycles. The van der Waals surface area contributed by atoms with E-state index in [1.807, 2.05) is 0 Å². The average molecular weight is 344 g/mol. The van der Waals surface area contributed by atoms with Gasteiger partial charge in [-0.2, -0.15) is 0 Å². The predicted molar refractivity (Wildman–Crippen MR) is 86.4 cm³/mol. The van der Waals surface area contributed by atoms with Crippen LogP contribution < -0.4 is 5.32 Å². The van der Waals surface area contributed by atoms with E-state index in [0.29, 0.717) is 0 Å². The van der Waals surface area contributed by atoms with Crippen molar-refractivity contribution in [3.05, 3.63) is 0 Å². The first kappa shape index (κ1) is 20.2. The van der Waals surface area contributed by atoms with Crippen LogP contribution in [0.3, 0.4) is 0 Å². The molecule has 0 spiro atoms. The number of carbonyl (C=O) groups excluding carboxylic acids is 2. The van der Waals surface area contributed by atoms with Gasteiger partial charge >= 0.3 is 12.1 Å². The number of amides is 2. The Balaban J connectivity index is 2.98. The Hall–Kier alpha value is -1.83. The van der Waals surface area contributed by atoms with Crippen LogP contribution in [0.2, 0.25) is 0 Å². The highest BCUT2D eigenvalue weighted by atomic mass is 16.6. The van der Waals surface area contributed by atoms with Crippen LogP contribution in [-0.2, 0) is 14.3 Å². The molecule has 1 rings (SSSR count). The summed E-state index contributed by atoms with van der Waals surface area (Å²) >= 11 is 0. The predicted octanol–water partition coefficient (Wildman–Crippen LogP) is 0.972. The number of likely N-dealkylation sites (tertiary alicyclic amines) is 1. The lowest BCUT2D eigenvalue weighted by atomic mass is 9.85. The number of ether oxygens (including phenoxy) is 1. The number of carboxylic acids is 1. The molecule has 0 radical (unpaired) electrons. The number of alkyl carbamates (subject to hydrolysis) is 1. The van der Waals surface area contributed by atoms with Crippen LogP contribution in [0.25, 0.3) is 0 Å². The Morgan fingerprint density at radius 2 is 1.71 bits per heavy atom. The zero-order valence-corrected chi connectivity index (χ0v) is 15.1. The third-order valence-corrected chi connectivity index (χ3v) is 3.62. The van der Waals surface area contributed by atoms with Gasteiger partial charge in [0.25, 0.3) is 0 Å². The molecule has 3 N–H and O–H groups in total. The molecule has 0 aromatic carbocycles. The van der Waals surface area contributed by atoms with Crippen molar-refractivity contribution in [1.82, 2.24) is 10.2 Å². The number of hydrogen-bond acceptors (Lipinski definition) is 5. The van der Waals surface area contributed by atoms with E-state index >= 15 is 0 Å². The van der Waals surface area contributed by atoms with Gasteiger partial charge in [0.1, 0.15) is 17.7 Å². The molecule has 3 atom stereocenters. The second-order valence-electron chi connectivity index (χ2n) is 8.18. The topological polar surface area (TPSA) is 116 Å². The minimum absolute atomic E-state index is 0.0234. The summed E-state index contributed by atoms with van der Waals surface area (Å²) < 4.78 is 5.19. The molecule has 1 saturated heterocycles. The number of aliphatic hydroxyl groups excluding tert-OH is 1. The van der Waals surface area contributed by atoms with Gasteiger partial charge in [0.05, 0.1) is 6.10 Å². The first-order valence-corrected chi connectivity index (χ1v) is 7.93. The second-order valence-corrected chi connectivity index (χ2v) is 8.18. The van der Waals surface area contributed by atoms with Gasteiger partial charge in [0.2, 0.25) is 5.91 Å². The number of β-amino-alcohol motifs (C(OH)–C–C–N with tert-alkyl or cyclic N) is 1. The van der Waals surface area contributed by atoms with Gasteiger partial charge in [-0.25, -0.2) is 9.59 Å². The van der Waals surface area contributed by atoms with Crippen molar-refractivity contribution in [3.8, 4) is 0 Å². The summed E-state index contributed by atoms with van der Waals surface area (Å²) in [5.74, 6) is -1.72. The molecule has 1 heterocycles. The van der Waals surface area contributed by atoms with Gasteiger partial charge in [-0.1, -0.05) is 20.8 Å². The summed E-state index contributed by atoms with van der Waals surface area (Å²) in [7, 11) is 0. The van der Waals surface area contributed by atoms with E-state index in [4.69, 9.17) is 4.74 Å². The molecule has 0 unspecified atom stereocenters. The Morgan fingerprint density at radius 3 is 2.12 bits per heavy atom. The Kier molecular flexibility index (Phi) is 5.86. The summed E-state index contributed by atoms with van der Waals surface area (Å²) in [5, 5.41) is 21.5. The molecule has 1 aliphatic rings. The van der Waals surface area contributed by atoms with Crippen LogP contribution in [-0.4, -0.2) is 63.4 Å². The standard InChI is InChI=1S/C16H28N2O6/c1-15(2,3)11(17-14(23)24-16(4,5)6)12(20)18-8-9(19)7-10(18)13(21)22/h9-11,19H,7-8H2,1-6H3,(H,17,23)(H,21,22)/t9-,10-,11-/m0/s1. The quantitative estimate of drug-likeness (QED) is 0.702. The van der Waals surface area contributed by atoms with Crippen LogP contribution in [0.5, 0.6) is 0 Å². The molecule has 24 heavy (non-hydrogen) atoms. The third kappa shape index (κ3) is 5.36. The number of nitrogens with one attached hydrogen (secondary N) is 1. The molecule has 8 nitrogen and oxygen atoms in total. The lowest BCUT2D eigenvalue weighted by Crippen LogP contribution is -2.57. The number of rotatable bonds is 3. The van der Waals surface area contributed by atoms with Crippen molar-refractivity contribution in [1.29, 1.82) is 0 Å². The summed E-state index contributed by atoms with van der Waals surface area (Å²) in [5.41, 5.74) is -1.38. The Bertz CT molecular complexity index is 506. The highest BCUT2D eigenvalue weighted by Gasteiger charge is 2.44. The minimum atomic E-state index is -1.18. The molecule has 0 aromatic rings. The van der Waals surface area contributed by atoms with Crippen molar-refractivity contribution in [2.24, 2.45) is 5.41 Å². The number of aliphatic hydroxyl groups is 1. The number of hydrogen-bond donors (Lipinski definition) is 3. The maximum atomic E-state index is 12.8. The number of aliphatic carboxylic acids is 1. The normalized spacial score (nSPS) is 22.9. The van der Waals surface area contributed by atoms with Crippen LogP contribution in [0.4, 0.5) is 4.79 Å². The zero-order valence-electron chi connectivity index (χ0n) is 15.1. The van der Waals surface area contributed by atoms with E-state index < -0.39 is 47.2 Å². The van der Waals surface area contributed by atoms with E-state index in [0.717, 1.165) is 4.90 Å². The van der Waals surface area contributed by atoms with Gasteiger partial charge in [0, 0.05) is 13.0 Å². The highest BCUT2D eigenvalue weighted by Crippen LogP contribution is 2.26. The van der Waals surface area contributed by atoms with Gasteiger partial charge in [-0.05, 0) is 26.2 Å². The maximum absolute atomic E-state index is 12.8.